The first-order valence-corrected chi connectivity index (χ1v) is 6.21. The molecule has 2 N–H and O–H groups in total. The van der Waals surface area contributed by atoms with E-state index in [0.717, 1.165) is 5.56 Å². The fourth-order valence-corrected chi connectivity index (χ4v) is 1.75. The molecule has 1 aromatic carbocycles. The molecule has 1 amide bonds. The van der Waals surface area contributed by atoms with Crippen molar-refractivity contribution in [3.05, 3.63) is 29.8 Å². The molecule has 6 heteroatoms. The minimum Gasteiger partial charge on any atom is -0.480 e. The predicted molar refractivity (Wildman–Crippen MR) is 71.5 cm³/mol. The summed E-state index contributed by atoms with van der Waals surface area (Å²) in [5, 5.41) is 11.3. The Bertz CT molecular complexity index is 552. The normalized spacial score (nSPS) is 14.2. The summed E-state index contributed by atoms with van der Waals surface area (Å²) in [6, 6.07) is 4.42. The van der Waals surface area contributed by atoms with Gasteiger partial charge in [0.1, 0.15) is 6.04 Å². The number of nitrogens with one attached hydrogen (secondary N) is 1. The van der Waals surface area contributed by atoms with Gasteiger partial charge in [-0.3, -0.25) is 4.79 Å². The van der Waals surface area contributed by atoms with Crippen molar-refractivity contribution in [1.82, 2.24) is 5.32 Å². The van der Waals surface area contributed by atoms with Crippen molar-refractivity contribution in [2.45, 2.75) is 19.4 Å². The lowest BCUT2D eigenvalue weighted by molar-refractivity contribution is -0.141. The minimum absolute atomic E-state index is 0.194. The standard InChI is InChI=1S/C14H15NO5/c1-2-10(14(17)18)15-13(16)6-4-9-3-5-11-12(7-9)20-8-19-11/h3-7,10H,2,8H2,1H3,(H,15,16)(H,17,18)/b6-4+/t10-/m0/s1. The van der Waals surface area contributed by atoms with E-state index < -0.39 is 17.9 Å². The van der Waals surface area contributed by atoms with Crippen LogP contribution in [0.15, 0.2) is 24.3 Å². The smallest absolute Gasteiger partial charge is 0.326 e. The fraction of sp³-hybridized carbons (Fsp3) is 0.286. The van der Waals surface area contributed by atoms with Gasteiger partial charge in [0.25, 0.3) is 0 Å². The van der Waals surface area contributed by atoms with Crippen molar-refractivity contribution >= 4 is 18.0 Å². The molecule has 6 nitrogen and oxygen atoms in total. The number of ether oxygens (including phenoxy) is 2. The highest BCUT2D eigenvalue weighted by Gasteiger charge is 2.16. The summed E-state index contributed by atoms with van der Waals surface area (Å²) in [5.41, 5.74) is 0.771. The van der Waals surface area contributed by atoms with Crippen molar-refractivity contribution in [1.29, 1.82) is 0 Å². The molecule has 0 aliphatic carbocycles. The number of aliphatic carboxylic acids is 1. The highest BCUT2D eigenvalue weighted by atomic mass is 16.7. The van der Waals surface area contributed by atoms with Crippen LogP contribution in [0, 0.1) is 0 Å². The second kappa shape index (κ2) is 6.10. The van der Waals surface area contributed by atoms with Gasteiger partial charge in [0.05, 0.1) is 0 Å². The molecule has 0 aromatic heterocycles. The van der Waals surface area contributed by atoms with Gasteiger partial charge in [-0.2, -0.15) is 0 Å². The van der Waals surface area contributed by atoms with E-state index in [1.54, 1.807) is 31.2 Å². The van der Waals surface area contributed by atoms with Crippen LogP contribution in [-0.2, 0) is 9.59 Å². The van der Waals surface area contributed by atoms with Crippen LogP contribution in [0.4, 0.5) is 0 Å². The first kappa shape index (κ1) is 13.9. The molecule has 0 spiro atoms. The molecular weight excluding hydrogens is 262 g/mol. The third kappa shape index (κ3) is 3.28. The summed E-state index contributed by atoms with van der Waals surface area (Å²) in [6.45, 7) is 1.89. The average Bonchev–Trinajstić information content (AvgIpc) is 2.89. The number of fused-ring (bicyclic) bond motifs is 1. The zero-order valence-corrected chi connectivity index (χ0v) is 11.0. The van der Waals surface area contributed by atoms with Gasteiger partial charge in [-0.25, -0.2) is 4.79 Å². The Kier molecular flexibility index (Phi) is 4.24. The van der Waals surface area contributed by atoms with Crippen molar-refractivity contribution in [2.24, 2.45) is 0 Å². The Morgan fingerprint density at radius 3 is 2.85 bits per heavy atom. The lowest BCUT2D eigenvalue weighted by Crippen LogP contribution is -2.39. The largest absolute Gasteiger partial charge is 0.480 e. The van der Waals surface area contributed by atoms with Gasteiger partial charge in [-0.15, -0.1) is 0 Å². The molecule has 0 fully saturated rings. The first-order chi connectivity index (χ1) is 9.60. The molecule has 0 saturated heterocycles. The molecule has 0 radical (unpaired) electrons. The van der Waals surface area contributed by atoms with Gasteiger partial charge in [0.2, 0.25) is 12.7 Å². The lowest BCUT2D eigenvalue weighted by Gasteiger charge is -2.09. The zero-order valence-electron chi connectivity index (χ0n) is 11.0. The molecule has 2 rings (SSSR count). The topological polar surface area (TPSA) is 84.9 Å². The molecule has 0 bridgehead atoms. The van der Waals surface area contributed by atoms with Crippen LogP contribution in [0.25, 0.3) is 6.08 Å². The number of carboxylic acid groups (broad SMARTS) is 1. The summed E-state index contributed by atoms with van der Waals surface area (Å²) < 4.78 is 10.4. The zero-order chi connectivity index (χ0) is 14.5. The maximum absolute atomic E-state index is 11.6. The fourth-order valence-electron chi connectivity index (χ4n) is 1.75. The van der Waals surface area contributed by atoms with E-state index in [0.29, 0.717) is 17.9 Å². The lowest BCUT2D eigenvalue weighted by atomic mass is 10.2. The van der Waals surface area contributed by atoms with Crippen molar-refractivity contribution < 1.29 is 24.2 Å². The summed E-state index contributed by atoms with van der Waals surface area (Å²) in [6.07, 6.45) is 3.22. The summed E-state index contributed by atoms with van der Waals surface area (Å²) in [5.74, 6) is -0.192. The molecule has 0 saturated carbocycles. The Hall–Kier alpha value is -2.50. The molecule has 106 valence electrons. The molecule has 1 atom stereocenters. The maximum Gasteiger partial charge on any atom is 0.326 e. The Morgan fingerprint density at radius 1 is 1.40 bits per heavy atom. The molecular formula is C14H15NO5. The van der Waals surface area contributed by atoms with Crippen molar-refractivity contribution in [3.8, 4) is 11.5 Å². The summed E-state index contributed by atoms with van der Waals surface area (Å²) in [4.78, 5) is 22.4. The molecule has 1 aromatic rings. The quantitative estimate of drug-likeness (QED) is 0.795. The number of benzene rings is 1. The number of hydrogen-bond acceptors (Lipinski definition) is 4. The van der Waals surface area contributed by atoms with Crippen molar-refractivity contribution in [2.75, 3.05) is 6.79 Å². The van der Waals surface area contributed by atoms with E-state index in [-0.39, 0.29) is 6.79 Å². The van der Waals surface area contributed by atoms with Crippen LogP contribution in [0.1, 0.15) is 18.9 Å². The summed E-state index contributed by atoms with van der Waals surface area (Å²) >= 11 is 0. The third-order valence-electron chi connectivity index (χ3n) is 2.85. The monoisotopic (exact) mass is 277 g/mol. The number of amides is 1. The average molecular weight is 277 g/mol. The van der Waals surface area contributed by atoms with E-state index in [1.807, 2.05) is 0 Å². The predicted octanol–water partition coefficient (Wildman–Crippen LogP) is 1.41. The van der Waals surface area contributed by atoms with Crippen LogP contribution < -0.4 is 14.8 Å². The number of carboxylic acids is 1. The van der Waals surface area contributed by atoms with Gasteiger partial charge in [0, 0.05) is 6.08 Å². The molecule has 0 unspecified atom stereocenters. The third-order valence-corrected chi connectivity index (χ3v) is 2.85. The molecule has 1 heterocycles. The molecule has 20 heavy (non-hydrogen) atoms. The Morgan fingerprint density at radius 2 is 2.15 bits per heavy atom. The van der Waals surface area contributed by atoms with Gasteiger partial charge < -0.3 is 19.9 Å². The van der Waals surface area contributed by atoms with E-state index in [1.165, 1.54) is 6.08 Å². The van der Waals surface area contributed by atoms with Crippen LogP contribution in [0.3, 0.4) is 0 Å². The Labute approximate surface area is 116 Å². The van der Waals surface area contributed by atoms with Gasteiger partial charge in [-0.1, -0.05) is 13.0 Å². The SMILES string of the molecule is CC[C@H](NC(=O)/C=C/c1ccc2c(c1)OCO2)C(=O)O. The Balaban J connectivity index is 1.98. The summed E-state index contributed by atoms with van der Waals surface area (Å²) in [7, 11) is 0. The highest BCUT2D eigenvalue weighted by molar-refractivity contribution is 5.94. The first-order valence-electron chi connectivity index (χ1n) is 6.21. The number of rotatable bonds is 5. The van der Waals surface area contributed by atoms with Gasteiger partial charge >= 0.3 is 5.97 Å². The van der Waals surface area contributed by atoms with Crippen LogP contribution in [0.2, 0.25) is 0 Å². The van der Waals surface area contributed by atoms with E-state index in [4.69, 9.17) is 14.6 Å². The van der Waals surface area contributed by atoms with Crippen molar-refractivity contribution in [3.63, 3.8) is 0 Å². The van der Waals surface area contributed by atoms with Crippen LogP contribution in [0.5, 0.6) is 11.5 Å². The van der Waals surface area contributed by atoms with E-state index in [2.05, 4.69) is 5.32 Å². The van der Waals surface area contributed by atoms with Crippen LogP contribution in [-0.4, -0.2) is 29.8 Å². The van der Waals surface area contributed by atoms with Gasteiger partial charge in [-0.05, 0) is 30.2 Å². The second-order valence-corrected chi connectivity index (χ2v) is 4.25. The maximum atomic E-state index is 11.6. The van der Waals surface area contributed by atoms with E-state index in [9.17, 15) is 9.59 Å². The highest BCUT2D eigenvalue weighted by Crippen LogP contribution is 2.32. The number of hydrogen-bond donors (Lipinski definition) is 2. The number of carbonyl (C=O) groups is 2. The van der Waals surface area contributed by atoms with E-state index >= 15 is 0 Å². The molecule has 1 aliphatic heterocycles. The minimum atomic E-state index is -1.04. The van der Waals surface area contributed by atoms with Gasteiger partial charge in [0.15, 0.2) is 11.5 Å². The van der Waals surface area contributed by atoms with Crippen LogP contribution >= 0.6 is 0 Å². The number of carbonyl (C=O) groups excluding carboxylic acids is 1. The second-order valence-electron chi connectivity index (χ2n) is 4.25. The molecule has 1 aliphatic rings.